The van der Waals surface area contributed by atoms with Crippen LogP contribution in [0.15, 0.2) is 35.7 Å². The van der Waals surface area contributed by atoms with Crippen LogP contribution in [0.25, 0.3) is 0 Å². The normalized spacial score (nSPS) is 14.3. The maximum atomic E-state index is 10.6. The molecule has 2 aromatic rings. The van der Waals surface area contributed by atoms with Gasteiger partial charge in [0, 0.05) is 31.5 Å². The lowest BCUT2D eigenvalue weighted by Crippen LogP contribution is -2.44. The van der Waals surface area contributed by atoms with Crippen molar-refractivity contribution in [3.05, 3.63) is 47.0 Å². The average Bonchev–Trinajstić information content (AvgIpc) is 2.99. The summed E-state index contributed by atoms with van der Waals surface area (Å²) in [6, 6.07) is 3.62. The molecule has 0 fully saturated rings. The van der Waals surface area contributed by atoms with Crippen molar-refractivity contribution in [2.75, 3.05) is 13.1 Å². The minimum atomic E-state index is -1.05. The number of rotatable bonds is 6. The van der Waals surface area contributed by atoms with Gasteiger partial charge in [-0.05, 0) is 25.5 Å². The first-order chi connectivity index (χ1) is 11.4. The monoisotopic (exact) mass is 350 g/mol. The third-order valence-corrected chi connectivity index (χ3v) is 3.70. The summed E-state index contributed by atoms with van der Waals surface area (Å²) in [7, 11) is 1.82. The molecule has 2 heterocycles. The third kappa shape index (κ3) is 5.21. The second kappa shape index (κ2) is 8.12. The average molecular weight is 351 g/mol. The Labute approximate surface area is 146 Å². The third-order valence-electron chi connectivity index (χ3n) is 3.48. The fourth-order valence-corrected chi connectivity index (χ4v) is 2.18. The number of pyridine rings is 1. The van der Waals surface area contributed by atoms with Crippen molar-refractivity contribution in [2.45, 2.75) is 26.0 Å². The minimum Gasteiger partial charge on any atom is -0.383 e. The van der Waals surface area contributed by atoms with Gasteiger partial charge >= 0.3 is 0 Å². The van der Waals surface area contributed by atoms with E-state index in [1.54, 1.807) is 36.3 Å². The Morgan fingerprint density at radius 2 is 2.17 bits per heavy atom. The molecule has 8 heteroatoms. The van der Waals surface area contributed by atoms with Crippen LogP contribution < -0.4 is 10.6 Å². The van der Waals surface area contributed by atoms with Gasteiger partial charge in [0.25, 0.3) is 0 Å². The van der Waals surface area contributed by atoms with Crippen molar-refractivity contribution < 1.29 is 5.11 Å². The molecule has 24 heavy (non-hydrogen) atoms. The van der Waals surface area contributed by atoms with E-state index in [0.717, 1.165) is 17.7 Å². The molecule has 0 amide bonds. The predicted octanol–water partition coefficient (Wildman–Crippen LogP) is 1.43. The zero-order valence-corrected chi connectivity index (χ0v) is 14.9. The first-order valence-electron chi connectivity index (χ1n) is 7.75. The Kier molecular flexibility index (Phi) is 6.16. The van der Waals surface area contributed by atoms with Gasteiger partial charge in [-0.15, -0.1) is 0 Å². The van der Waals surface area contributed by atoms with Crippen molar-refractivity contribution in [1.29, 1.82) is 0 Å². The maximum absolute atomic E-state index is 10.6. The Morgan fingerprint density at radius 3 is 2.75 bits per heavy atom. The van der Waals surface area contributed by atoms with Crippen molar-refractivity contribution in [2.24, 2.45) is 12.0 Å². The molecule has 0 spiro atoms. The molecule has 0 aliphatic rings. The van der Waals surface area contributed by atoms with Crippen LogP contribution in [0.1, 0.15) is 25.0 Å². The summed E-state index contributed by atoms with van der Waals surface area (Å²) in [6.45, 7) is 5.22. The lowest BCUT2D eigenvalue weighted by Gasteiger charge is -2.23. The number of nitrogens with one attached hydrogen (secondary N) is 2. The van der Waals surface area contributed by atoms with E-state index >= 15 is 0 Å². The fourth-order valence-electron chi connectivity index (χ4n) is 2.07. The molecule has 0 aliphatic carbocycles. The molecule has 0 radical (unpaired) electrons. The molecule has 130 valence electrons. The highest BCUT2D eigenvalue weighted by Gasteiger charge is 2.24. The number of halogens is 1. The number of hydrogen-bond acceptors (Lipinski definition) is 4. The number of aromatic nitrogens is 3. The molecule has 0 bridgehead atoms. The van der Waals surface area contributed by atoms with Crippen LogP contribution in [0.4, 0.5) is 0 Å². The molecule has 0 saturated heterocycles. The number of aliphatic imine (C=N–C) groups is 1. The molecule has 7 nitrogen and oxygen atoms in total. The molecular weight excluding hydrogens is 328 g/mol. The van der Waals surface area contributed by atoms with Gasteiger partial charge in [-0.2, -0.15) is 5.10 Å². The van der Waals surface area contributed by atoms with Gasteiger partial charge in [-0.1, -0.05) is 17.7 Å². The van der Waals surface area contributed by atoms with Gasteiger partial charge in [-0.25, -0.2) is 9.98 Å². The van der Waals surface area contributed by atoms with Crippen LogP contribution in [-0.4, -0.2) is 38.9 Å². The zero-order valence-electron chi connectivity index (χ0n) is 14.1. The van der Waals surface area contributed by atoms with Crippen LogP contribution >= 0.6 is 11.6 Å². The Bertz CT molecular complexity index is 680. The molecule has 0 aliphatic heterocycles. The number of aliphatic hydroxyl groups is 1. The summed E-state index contributed by atoms with van der Waals surface area (Å²) in [5.74, 6) is 0.622. The van der Waals surface area contributed by atoms with E-state index in [1.807, 2.05) is 20.0 Å². The second-order valence-electron chi connectivity index (χ2n) is 5.71. The fraction of sp³-hybridized carbons (Fsp3) is 0.438. The number of hydrogen-bond donors (Lipinski definition) is 3. The Morgan fingerprint density at radius 1 is 1.38 bits per heavy atom. The quantitative estimate of drug-likeness (QED) is 0.417. The molecule has 1 atom stereocenters. The SMILES string of the molecule is CCNC(=NCc1ccc(Cl)nc1)NCC(C)(O)c1cnn(C)c1. The molecule has 0 aromatic carbocycles. The molecule has 1 unspecified atom stereocenters. The summed E-state index contributed by atoms with van der Waals surface area (Å²) in [5.41, 5.74) is 0.651. The van der Waals surface area contributed by atoms with Crippen LogP contribution in [0.5, 0.6) is 0 Å². The predicted molar refractivity (Wildman–Crippen MR) is 94.8 cm³/mol. The lowest BCUT2D eigenvalue weighted by atomic mass is 10.00. The first kappa shape index (κ1) is 18.2. The van der Waals surface area contributed by atoms with Gasteiger partial charge < -0.3 is 15.7 Å². The van der Waals surface area contributed by atoms with E-state index in [9.17, 15) is 5.11 Å². The Balaban J connectivity index is 1.99. The first-order valence-corrected chi connectivity index (χ1v) is 8.12. The largest absolute Gasteiger partial charge is 0.383 e. The number of guanidine groups is 1. The summed E-state index contributed by atoms with van der Waals surface area (Å²) >= 11 is 5.78. The van der Waals surface area contributed by atoms with E-state index in [2.05, 4.69) is 25.7 Å². The van der Waals surface area contributed by atoms with E-state index < -0.39 is 5.60 Å². The standard InChI is InChI=1S/C16H23ClN6O/c1-4-18-15(20-8-12-5-6-14(17)19-7-12)21-11-16(2,24)13-9-22-23(3)10-13/h5-7,9-10,24H,4,8,11H2,1-3H3,(H2,18,20,21). The smallest absolute Gasteiger partial charge is 0.191 e. The van der Waals surface area contributed by atoms with Crippen LogP contribution in [0, 0.1) is 0 Å². The van der Waals surface area contributed by atoms with Crippen molar-refractivity contribution in [3.8, 4) is 0 Å². The number of nitrogens with zero attached hydrogens (tertiary/aromatic N) is 4. The molecule has 2 rings (SSSR count). The molecular formula is C16H23ClN6O. The number of aryl methyl sites for hydroxylation is 1. The molecule has 3 N–H and O–H groups in total. The minimum absolute atomic E-state index is 0.309. The van der Waals surface area contributed by atoms with E-state index in [1.165, 1.54) is 0 Å². The summed E-state index contributed by atoms with van der Waals surface area (Å²) in [5, 5.41) is 21.5. The van der Waals surface area contributed by atoms with E-state index in [0.29, 0.717) is 24.2 Å². The summed E-state index contributed by atoms with van der Waals surface area (Å²) < 4.78 is 1.66. The summed E-state index contributed by atoms with van der Waals surface area (Å²) in [6.07, 6.45) is 5.15. The van der Waals surface area contributed by atoms with Crippen molar-refractivity contribution in [3.63, 3.8) is 0 Å². The van der Waals surface area contributed by atoms with E-state index in [4.69, 9.17) is 11.6 Å². The highest BCUT2D eigenvalue weighted by molar-refractivity contribution is 6.29. The topological polar surface area (TPSA) is 87.4 Å². The molecule has 0 saturated carbocycles. The highest BCUT2D eigenvalue weighted by Crippen LogP contribution is 2.18. The van der Waals surface area contributed by atoms with Crippen LogP contribution in [0.2, 0.25) is 5.15 Å². The summed E-state index contributed by atoms with van der Waals surface area (Å²) in [4.78, 5) is 8.53. The Hall–Kier alpha value is -2.12. The van der Waals surface area contributed by atoms with Gasteiger partial charge in [-0.3, -0.25) is 4.68 Å². The van der Waals surface area contributed by atoms with Gasteiger partial charge in [0.2, 0.25) is 0 Å². The van der Waals surface area contributed by atoms with Crippen molar-refractivity contribution in [1.82, 2.24) is 25.4 Å². The zero-order chi connectivity index (χ0) is 17.6. The van der Waals surface area contributed by atoms with Gasteiger partial charge in [0.05, 0.1) is 19.3 Å². The van der Waals surface area contributed by atoms with Gasteiger partial charge in [0.1, 0.15) is 10.8 Å². The molecule has 2 aromatic heterocycles. The maximum Gasteiger partial charge on any atom is 0.191 e. The van der Waals surface area contributed by atoms with Crippen LogP contribution in [-0.2, 0) is 19.2 Å². The second-order valence-corrected chi connectivity index (χ2v) is 6.10. The lowest BCUT2D eigenvalue weighted by molar-refractivity contribution is 0.0616. The van der Waals surface area contributed by atoms with Gasteiger partial charge in [0.15, 0.2) is 5.96 Å². The van der Waals surface area contributed by atoms with Crippen molar-refractivity contribution >= 4 is 17.6 Å². The van der Waals surface area contributed by atoms with E-state index in [-0.39, 0.29) is 0 Å². The van der Waals surface area contributed by atoms with Crippen LogP contribution in [0.3, 0.4) is 0 Å². The highest BCUT2D eigenvalue weighted by atomic mass is 35.5.